The number of ether oxygens (including phenoxy) is 2. The fourth-order valence-electron chi connectivity index (χ4n) is 4.52. The zero-order valence-electron chi connectivity index (χ0n) is 24.3. The first-order valence-corrected chi connectivity index (χ1v) is 14.1. The maximum absolute atomic E-state index is 13.7. The lowest BCUT2D eigenvalue weighted by atomic mass is 10.0. The third-order valence-corrected chi connectivity index (χ3v) is 6.79. The number of nitrogens with one attached hydrogen (secondary N) is 4. The summed E-state index contributed by atoms with van der Waals surface area (Å²) in [6, 6.07) is 24.3. The van der Waals surface area contributed by atoms with Crippen molar-refractivity contribution in [3.05, 3.63) is 126 Å². The van der Waals surface area contributed by atoms with Gasteiger partial charge in [0.15, 0.2) is 0 Å². The number of benzene rings is 3. The van der Waals surface area contributed by atoms with Crippen LogP contribution in [-0.2, 0) is 49.7 Å². The average Bonchev–Trinajstić information content (AvgIpc) is 3.57. The minimum absolute atomic E-state index is 0.0241. The third kappa shape index (κ3) is 9.83. The van der Waals surface area contributed by atoms with Crippen LogP contribution in [-0.4, -0.2) is 59.1 Å². The van der Waals surface area contributed by atoms with E-state index in [-0.39, 0.29) is 25.9 Å². The van der Waals surface area contributed by atoms with Crippen molar-refractivity contribution in [3.63, 3.8) is 0 Å². The van der Waals surface area contributed by atoms with Crippen LogP contribution in [0.3, 0.4) is 0 Å². The van der Waals surface area contributed by atoms with E-state index < -0.39 is 42.0 Å². The molecule has 0 aliphatic heterocycles. The number of aromatic amines is 1. The number of methoxy groups -OCH3 is 1. The van der Waals surface area contributed by atoms with E-state index in [0.29, 0.717) is 5.69 Å². The van der Waals surface area contributed by atoms with Gasteiger partial charge in [0, 0.05) is 25.5 Å². The van der Waals surface area contributed by atoms with Crippen LogP contribution < -0.4 is 16.0 Å². The number of carbonyl (C=O) groups is 4. The largest absolute Gasteiger partial charge is 0.467 e. The maximum atomic E-state index is 13.7. The summed E-state index contributed by atoms with van der Waals surface area (Å²) in [6.45, 7) is 0.0241. The molecule has 1 aromatic heterocycles. The summed E-state index contributed by atoms with van der Waals surface area (Å²) in [5.41, 5.74) is 2.92. The van der Waals surface area contributed by atoms with Crippen molar-refractivity contribution in [1.29, 1.82) is 0 Å². The highest BCUT2D eigenvalue weighted by atomic mass is 16.5. The van der Waals surface area contributed by atoms with E-state index in [1.807, 2.05) is 91.0 Å². The number of aromatic nitrogens is 2. The van der Waals surface area contributed by atoms with Crippen LogP contribution in [0.15, 0.2) is 104 Å². The Balaban J connectivity index is 1.52. The molecule has 0 radical (unpaired) electrons. The highest BCUT2D eigenvalue weighted by Gasteiger charge is 2.31. The van der Waals surface area contributed by atoms with Crippen LogP contribution in [0.4, 0.5) is 4.79 Å². The Hall–Kier alpha value is -5.45. The van der Waals surface area contributed by atoms with Gasteiger partial charge in [-0.25, -0.2) is 14.6 Å². The molecule has 4 rings (SSSR count). The van der Waals surface area contributed by atoms with Crippen molar-refractivity contribution in [2.75, 3.05) is 7.11 Å². The van der Waals surface area contributed by atoms with Crippen molar-refractivity contribution < 1.29 is 28.7 Å². The van der Waals surface area contributed by atoms with Crippen molar-refractivity contribution in [2.45, 2.75) is 44.0 Å². The molecule has 4 N–H and O–H groups in total. The van der Waals surface area contributed by atoms with Crippen molar-refractivity contribution >= 4 is 23.9 Å². The molecule has 1 heterocycles. The number of carbonyl (C=O) groups excluding carboxylic acids is 4. The third-order valence-electron chi connectivity index (χ3n) is 6.79. The van der Waals surface area contributed by atoms with Gasteiger partial charge in [0.05, 0.1) is 19.1 Å². The SMILES string of the molecule is COC(=O)C(Cc1c[nH]cn1)NC(=O)C(Cc1ccccc1)NC(=O)C(Cc1ccccc1)NC(=O)OCc1ccccc1. The number of imidazole rings is 1. The van der Waals surface area contributed by atoms with Crippen molar-refractivity contribution in [3.8, 4) is 0 Å². The molecule has 3 amide bonds. The minimum Gasteiger partial charge on any atom is -0.467 e. The van der Waals surface area contributed by atoms with Gasteiger partial charge in [-0.1, -0.05) is 91.0 Å². The molecule has 3 unspecified atom stereocenters. The fraction of sp³-hybridized carbons (Fsp3) is 0.242. The summed E-state index contributed by atoms with van der Waals surface area (Å²) in [6.07, 6.45) is 2.66. The first-order valence-electron chi connectivity index (χ1n) is 14.1. The van der Waals surface area contributed by atoms with Crippen LogP contribution in [0.25, 0.3) is 0 Å². The lowest BCUT2D eigenvalue weighted by Crippen LogP contribution is -2.57. The van der Waals surface area contributed by atoms with Gasteiger partial charge in [-0.15, -0.1) is 0 Å². The molecule has 11 nitrogen and oxygen atoms in total. The molecule has 11 heteroatoms. The van der Waals surface area contributed by atoms with E-state index in [0.717, 1.165) is 16.7 Å². The lowest BCUT2D eigenvalue weighted by molar-refractivity contribution is -0.145. The first kappa shape index (κ1) is 31.5. The highest BCUT2D eigenvalue weighted by Crippen LogP contribution is 2.09. The van der Waals surface area contributed by atoms with Gasteiger partial charge in [0.25, 0.3) is 0 Å². The predicted octanol–water partition coefficient (Wildman–Crippen LogP) is 2.88. The van der Waals surface area contributed by atoms with Gasteiger partial charge >= 0.3 is 12.1 Å². The van der Waals surface area contributed by atoms with Crippen molar-refractivity contribution in [2.24, 2.45) is 0 Å². The normalized spacial score (nSPS) is 12.7. The molecule has 3 atom stereocenters. The number of alkyl carbamates (subject to hydrolysis) is 1. The molecular formula is C33H35N5O6. The van der Waals surface area contributed by atoms with Crippen molar-refractivity contribution in [1.82, 2.24) is 25.9 Å². The van der Waals surface area contributed by atoms with Crippen LogP contribution in [0.2, 0.25) is 0 Å². The first-order chi connectivity index (χ1) is 21.4. The van der Waals surface area contributed by atoms with Gasteiger partial charge in [0.2, 0.25) is 11.8 Å². The molecule has 0 saturated carbocycles. The van der Waals surface area contributed by atoms with E-state index in [1.165, 1.54) is 13.4 Å². The second-order valence-electron chi connectivity index (χ2n) is 10.0. The van der Waals surface area contributed by atoms with Crippen LogP contribution in [0, 0.1) is 0 Å². The minimum atomic E-state index is -1.09. The molecule has 3 aromatic carbocycles. The molecular weight excluding hydrogens is 562 g/mol. The Labute approximate surface area is 255 Å². The van der Waals surface area contributed by atoms with Gasteiger partial charge in [0.1, 0.15) is 24.7 Å². The number of amides is 3. The average molecular weight is 598 g/mol. The zero-order chi connectivity index (χ0) is 31.1. The molecule has 0 saturated heterocycles. The Morgan fingerprint density at radius 1 is 0.682 bits per heavy atom. The van der Waals surface area contributed by atoms with Crippen LogP contribution in [0.5, 0.6) is 0 Å². The molecule has 4 aromatic rings. The van der Waals surface area contributed by atoms with Gasteiger partial charge in [-0.2, -0.15) is 0 Å². The number of hydrogen-bond acceptors (Lipinski definition) is 7. The molecule has 0 bridgehead atoms. The molecule has 0 aliphatic rings. The van der Waals surface area contributed by atoms with Gasteiger partial charge in [-0.3, -0.25) is 9.59 Å². The summed E-state index contributed by atoms with van der Waals surface area (Å²) in [5, 5.41) is 8.15. The van der Waals surface area contributed by atoms with E-state index in [4.69, 9.17) is 9.47 Å². The van der Waals surface area contributed by atoms with E-state index in [2.05, 4.69) is 25.9 Å². The smallest absolute Gasteiger partial charge is 0.408 e. The Kier molecular flexibility index (Phi) is 11.6. The maximum Gasteiger partial charge on any atom is 0.408 e. The molecule has 0 fully saturated rings. The van der Waals surface area contributed by atoms with E-state index in [1.54, 1.807) is 6.20 Å². The lowest BCUT2D eigenvalue weighted by Gasteiger charge is -2.25. The van der Waals surface area contributed by atoms with Crippen LogP contribution >= 0.6 is 0 Å². The number of hydrogen-bond donors (Lipinski definition) is 4. The molecule has 0 spiro atoms. The Morgan fingerprint density at radius 2 is 1.18 bits per heavy atom. The van der Waals surface area contributed by atoms with Crippen LogP contribution in [0.1, 0.15) is 22.4 Å². The van der Waals surface area contributed by atoms with Gasteiger partial charge in [-0.05, 0) is 16.7 Å². The fourth-order valence-corrected chi connectivity index (χ4v) is 4.52. The summed E-state index contributed by atoms with van der Waals surface area (Å²) in [4.78, 5) is 59.6. The second-order valence-corrected chi connectivity index (χ2v) is 10.0. The van der Waals surface area contributed by atoms with Gasteiger partial charge < -0.3 is 30.4 Å². The summed E-state index contributed by atoms with van der Waals surface area (Å²) in [7, 11) is 1.23. The second kappa shape index (κ2) is 16.3. The molecule has 44 heavy (non-hydrogen) atoms. The number of esters is 1. The predicted molar refractivity (Wildman–Crippen MR) is 162 cm³/mol. The van der Waals surface area contributed by atoms with E-state index >= 15 is 0 Å². The summed E-state index contributed by atoms with van der Waals surface area (Å²) >= 11 is 0. The summed E-state index contributed by atoms with van der Waals surface area (Å²) < 4.78 is 10.3. The van der Waals surface area contributed by atoms with E-state index in [9.17, 15) is 19.2 Å². The molecule has 0 aliphatic carbocycles. The Bertz CT molecular complexity index is 1480. The Morgan fingerprint density at radius 3 is 1.68 bits per heavy atom. The molecule has 228 valence electrons. The summed E-state index contributed by atoms with van der Waals surface area (Å²) in [5.74, 6) is -1.85. The standard InChI is InChI=1S/C33H35N5O6/c1-43-32(41)29(19-26-20-34-22-35-26)37-30(39)27(17-23-11-5-2-6-12-23)36-31(40)28(18-24-13-7-3-8-14-24)38-33(42)44-21-25-15-9-4-10-16-25/h2-16,20,22,27-29H,17-19,21H2,1H3,(H,34,35)(H,36,40)(H,37,39)(H,38,42). The highest BCUT2D eigenvalue weighted by molar-refractivity contribution is 5.93. The number of H-pyrrole nitrogens is 1. The quantitative estimate of drug-likeness (QED) is 0.163. The zero-order valence-corrected chi connectivity index (χ0v) is 24.3. The monoisotopic (exact) mass is 597 g/mol. The number of nitrogens with zero attached hydrogens (tertiary/aromatic N) is 1. The number of rotatable bonds is 14. The topological polar surface area (TPSA) is 152 Å².